The number of hydrogen-bond donors (Lipinski definition) is 1. The molecule has 1 aliphatic heterocycles. The van der Waals surface area contributed by atoms with E-state index in [1.165, 1.54) is 30.0 Å². The second-order valence-electron chi connectivity index (χ2n) is 5.33. The third kappa shape index (κ3) is 2.86. The van der Waals surface area contributed by atoms with Gasteiger partial charge in [0.2, 0.25) is 5.91 Å². The molecule has 0 bridgehead atoms. The summed E-state index contributed by atoms with van der Waals surface area (Å²) in [7, 11) is 0. The van der Waals surface area contributed by atoms with E-state index in [2.05, 4.69) is 0 Å². The number of carbonyl (C=O) groups is 2. The third-order valence-corrected chi connectivity index (χ3v) is 3.88. The van der Waals surface area contributed by atoms with Gasteiger partial charge >= 0.3 is 5.97 Å². The van der Waals surface area contributed by atoms with Gasteiger partial charge in [0.15, 0.2) is 0 Å². The van der Waals surface area contributed by atoms with Crippen molar-refractivity contribution >= 4 is 17.6 Å². The Morgan fingerprint density at radius 3 is 2.81 bits per heavy atom. The van der Waals surface area contributed by atoms with E-state index in [4.69, 9.17) is 0 Å². The number of amides is 1. The highest BCUT2D eigenvalue weighted by atomic mass is 16.6. The molecule has 0 saturated carbocycles. The third-order valence-electron chi connectivity index (χ3n) is 3.88. The van der Waals surface area contributed by atoms with Crippen molar-refractivity contribution < 1.29 is 19.6 Å². The molecule has 2 rings (SSSR count). The summed E-state index contributed by atoms with van der Waals surface area (Å²) in [5, 5.41) is 20.0. The van der Waals surface area contributed by atoms with E-state index in [1.54, 1.807) is 6.07 Å². The van der Waals surface area contributed by atoms with Crippen molar-refractivity contribution in [2.45, 2.75) is 31.7 Å². The summed E-state index contributed by atoms with van der Waals surface area (Å²) in [4.78, 5) is 35.2. The van der Waals surface area contributed by atoms with Crippen LogP contribution in [-0.2, 0) is 16.0 Å². The number of non-ortho nitro benzene ring substituents is 1. The zero-order valence-electron chi connectivity index (χ0n) is 11.6. The molecule has 7 nitrogen and oxygen atoms in total. The van der Waals surface area contributed by atoms with Crippen molar-refractivity contribution in [3.8, 4) is 0 Å². The minimum Gasteiger partial charge on any atom is -0.480 e. The molecule has 1 unspecified atom stereocenters. The largest absolute Gasteiger partial charge is 0.480 e. The van der Waals surface area contributed by atoms with Crippen LogP contribution >= 0.6 is 0 Å². The fraction of sp³-hybridized carbons (Fsp3) is 0.429. The van der Waals surface area contributed by atoms with Gasteiger partial charge in [-0.05, 0) is 25.3 Å². The fourth-order valence-corrected chi connectivity index (χ4v) is 2.64. The highest BCUT2D eigenvalue weighted by Crippen LogP contribution is 2.30. The van der Waals surface area contributed by atoms with Gasteiger partial charge in [0.05, 0.1) is 11.3 Å². The Bertz CT molecular complexity index is 601. The van der Waals surface area contributed by atoms with Crippen LogP contribution in [0.25, 0.3) is 0 Å². The summed E-state index contributed by atoms with van der Waals surface area (Å²) >= 11 is 0. The maximum Gasteiger partial charge on any atom is 0.329 e. The minimum atomic E-state index is -1.18. The molecule has 0 spiro atoms. The molecular formula is C14H16N2O5. The summed E-state index contributed by atoms with van der Waals surface area (Å²) in [5.41, 5.74) is -0.755. The number of nitro groups is 1. The number of rotatable bonds is 4. The zero-order chi connectivity index (χ0) is 15.6. The molecular weight excluding hydrogens is 276 g/mol. The fourth-order valence-electron chi connectivity index (χ4n) is 2.64. The molecule has 1 aromatic carbocycles. The first-order valence-electron chi connectivity index (χ1n) is 6.62. The molecule has 0 radical (unpaired) electrons. The van der Waals surface area contributed by atoms with Crippen molar-refractivity contribution in [1.29, 1.82) is 0 Å². The smallest absolute Gasteiger partial charge is 0.329 e. The number of nitro benzene ring substituents is 1. The van der Waals surface area contributed by atoms with Crippen LogP contribution in [-0.4, -0.2) is 38.9 Å². The van der Waals surface area contributed by atoms with Crippen molar-refractivity contribution in [1.82, 2.24) is 4.90 Å². The molecule has 7 heteroatoms. The quantitative estimate of drug-likeness (QED) is 0.671. The van der Waals surface area contributed by atoms with Crippen LogP contribution in [0.1, 0.15) is 25.3 Å². The number of carboxylic acids is 1. The molecule has 21 heavy (non-hydrogen) atoms. The second kappa shape index (κ2) is 5.51. The molecule has 1 fully saturated rings. The maximum absolute atomic E-state index is 12.3. The first-order chi connectivity index (χ1) is 9.84. The zero-order valence-corrected chi connectivity index (χ0v) is 11.6. The predicted molar refractivity (Wildman–Crippen MR) is 73.8 cm³/mol. The lowest BCUT2D eigenvalue weighted by atomic mass is 9.98. The van der Waals surface area contributed by atoms with E-state index >= 15 is 0 Å². The van der Waals surface area contributed by atoms with Crippen LogP contribution in [0.15, 0.2) is 24.3 Å². The first-order valence-corrected chi connectivity index (χ1v) is 6.62. The van der Waals surface area contributed by atoms with E-state index < -0.39 is 16.4 Å². The molecule has 1 saturated heterocycles. The van der Waals surface area contributed by atoms with Gasteiger partial charge in [0, 0.05) is 18.7 Å². The molecule has 1 aliphatic rings. The number of hydrogen-bond acceptors (Lipinski definition) is 4. The molecule has 1 atom stereocenters. The van der Waals surface area contributed by atoms with E-state index in [0.717, 1.165) is 0 Å². The molecule has 112 valence electrons. The molecule has 0 aliphatic carbocycles. The van der Waals surface area contributed by atoms with Crippen LogP contribution in [0.4, 0.5) is 5.69 Å². The number of carbonyl (C=O) groups excluding carboxylic acids is 1. The van der Waals surface area contributed by atoms with Gasteiger partial charge in [-0.15, -0.1) is 0 Å². The summed E-state index contributed by atoms with van der Waals surface area (Å²) in [6.07, 6.45) is 1.02. The van der Waals surface area contributed by atoms with Gasteiger partial charge in [0.1, 0.15) is 5.54 Å². The van der Waals surface area contributed by atoms with Gasteiger partial charge < -0.3 is 10.0 Å². The van der Waals surface area contributed by atoms with E-state index in [-0.39, 0.29) is 18.0 Å². The monoisotopic (exact) mass is 292 g/mol. The first kappa shape index (κ1) is 15.0. The van der Waals surface area contributed by atoms with Crippen molar-refractivity contribution in [3.05, 3.63) is 39.9 Å². The Morgan fingerprint density at radius 1 is 1.48 bits per heavy atom. The Balaban J connectivity index is 2.16. The average Bonchev–Trinajstić information content (AvgIpc) is 2.82. The van der Waals surface area contributed by atoms with Gasteiger partial charge in [-0.3, -0.25) is 14.9 Å². The van der Waals surface area contributed by atoms with Crippen LogP contribution < -0.4 is 0 Å². The maximum atomic E-state index is 12.3. The van der Waals surface area contributed by atoms with E-state index in [9.17, 15) is 24.8 Å². The highest BCUT2D eigenvalue weighted by molar-refractivity contribution is 5.88. The normalized spacial score (nSPS) is 21.3. The highest BCUT2D eigenvalue weighted by Gasteiger charge is 2.45. The van der Waals surface area contributed by atoms with E-state index in [1.807, 2.05) is 0 Å². The number of carboxylic acid groups (broad SMARTS) is 1. The molecule has 1 aromatic rings. The molecule has 1 heterocycles. The lowest BCUT2D eigenvalue weighted by Crippen LogP contribution is -2.51. The summed E-state index contributed by atoms with van der Waals surface area (Å²) in [6.45, 7) is 1.93. The summed E-state index contributed by atoms with van der Waals surface area (Å²) in [5.74, 6) is -1.34. The van der Waals surface area contributed by atoms with Gasteiger partial charge in [-0.2, -0.15) is 0 Å². The number of likely N-dealkylation sites (tertiary alicyclic amines) is 1. The van der Waals surface area contributed by atoms with Gasteiger partial charge in [0.25, 0.3) is 5.69 Å². The standard InChI is InChI=1S/C14H16N2O5/c1-14(13(18)19)6-3-7-15(14)12(17)9-10-4-2-5-11(8-10)16(20)21/h2,4-5,8H,3,6-7,9H2,1H3,(H,18,19). The van der Waals surface area contributed by atoms with Gasteiger partial charge in [-0.25, -0.2) is 4.79 Å². The lowest BCUT2D eigenvalue weighted by molar-refractivity contribution is -0.384. The molecule has 1 amide bonds. The van der Waals surface area contributed by atoms with Crippen molar-refractivity contribution in [3.63, 3.8) is 0 Å². The number of benzene rings is 1. The average molecular weight is 292 g/mol. The van der Waals surface area contributed by atoms with Crippen LogP contribution in [0.3, 0.4) is 0 Å². The molecule has 1 N–H and O–H groups in total. The van der Waals surface area contributed by atoms with Gasteiger partial charge in [-0.1, -0.05) is 12.1 Å². The number of aliphatic carboxylic acids is 1. The van der Waals surface area contributed by atoms with Crippen LogP contribution in [0.2, 0.25) is 0 Å². The topological polar surface area (TPSA) is 101 Å². The lowest BCUT2D eigenvalue weighted by Gasteiger charge is -2.31. The Labute approximate surface area is 121 Å². The SMILES string of the molecule is CC1(C(=O)O)CCCN1C(=O)Cc1cccc([N+](=O)[O-])c1. The Morgan fingerprint density at radius 2 is 2.19 bits per heavy atom. The second-order valence-corrected chi connectivity index (χ2v) is 5.33. The number of nitrogens with zero attached hydrogens (tertiary/aromatic N) is 2. The summed E-state index contributed by atoms with van der Waals surface area (Å²) < 4.78 is 0. The molecule has 0 aromatic heterocycles. The van der Waals surface area contributed by atoms with Crippen LogP contribution in [0, 0.1) is 10.1 Å². The van der Waals surface area contributed by atoms with Crippen LogP contribution in [0.5, 0.6) is 0 Å². The Hall–Kier alpha value is -2.44. The van der Waals surface area contributed by atoms with E-state index in [0.29, 0.717) is 24.9 Å². The summed E-state index contributed by atoms with van der Waals surface area (Å²) in [6, 6.07) is 5.83. The minimum absolute atomic E-state index is 0.0372. The van der Waals surface area contributed by atoms with Crippen molar-refractivity contribution in [2.75, 3.05) is 6.54 Å². The predicted octanol–water partition coefficient (Wildman–Crippen LogP) is 1.60. The van der Waals surface area contributed by atoms with Crippen molar-refractivity contribution in [2.24, 2.45) is 0 Å². The Kier molecular flexibility index (Phi) is 3.93.